The summed E-state index contributed by atoms with van der Waals surface area (Å²) in [6, 6.07) is 11.7. The van der Waals surface area contributed by atoms with Gasteiger partial charge in [-0.25, -0.2) is 13.2 Å². The summed E-state index contributed by atoms with van der Waals surface area (Å²) in [4.78, 5) is 12.6. The number of urea groups is 1. The molecule has 2 amide bonds. The van der Waals surface area contributed by atoms with Gasteiger partial charge >= 0.3 is 6.03 Å². The molecule has 1 unspecified atom stereocenters. The van der Waals surface area contributed by atoms with Gasteiger partial charge in [0.15, 0.2) is 9.84 Å². The lowest BCUT2D eigenvalue weighted by atomic mass is 10.0. The van der Waals surface area contributed by atoms with Crippen molar-refractivity contribution in [2.45, 2.75) is 24.3 Å². The van der Waals surface area contributed by atoms with Gasteiger partial charge in [0.2, 0.25) is 0 Å². The first-order chi connectivity index (χ1) is 11.4. The van der Waals surface area contributed by atoms with Crippen molar-refractivity contribution in [1.82, 2.24) is 5.32 Å². The number of fused-ring (bicyclic) bond motifs is 1. The van der Waals surface area contributed by atoms with Gasteiger partial charge in [-0.1, -0.05) is 40.2 Å². The molecular formula is C17H17BrN2O3S. The normalized spacial score (nSPS) is 18.5. The van der Waals surface area contributed by atoms with E-state index >= 15 is 0 Å². The molecule has 0 saturated carbocycles. The number of sulfone groups is 1. The molecule has 0 fully saturated rings. The van der Waals surface area contributed by atoms with E-state index in [1.165, 1.54) is 0 Å². The van der Waals surface area contributed by atoms with Gasteiger partial charge in [0.05, 0.1) is 16.7 Å². The number of hydrogen-bond acceptors (Lipinski definition) is 3. The molecule has 0 spiro atoms. The predicted octanol–water partition coefficient (Wildman–Crippen LogP) is 3.80. The maximum absolute atomic E-state index is 12.3. The molecular weight excluding hydrogens is 392 g/mol. The topological polar surface area (TPSA) is 75.3 Å². The van der Waals surface area contributed by atoms with Gasteiger partial charge in [-0.05, 0) is 42.7 Å². The molecule has 3 rings (SSSR count). The van der Waals surface area contributed by atoms with E-state index < -0.39 is 9.84 Å². The summed E-state index contributed by atoms with van der Waals surface area (Å²) in [6.07, 6.45) is 0.365. The third-order valence-electron chi connectivity index (χ3n) is 4.04. The number of hydrogen-bond donors (Lipinski definition) is 2. The van der Waals surface area contributed by atoms with E-state index in [0.717, 1.165) is 10.0 Å². The molecule has 2 aromatic carbocycles. The first-order valence-corrected chi connectivity index (χ1v) is 9.97. The summed E-state index contributed by atoms with van der Waals surface area (Å²) < 4.78 is 25.2. The van der Waals surface area contributed by atoms with Crippen LogP contribution < -0.4 is 10.6 Å². The summed E-state index contributed by atoms with van der Waals surface area (Å²) >= 11 is 3.43. The highest BCUT2D eigenvalue weighted by Gasteiger charge is 2.30. The third kappa shape index (κ3) is 3.47. The summed E-state index contributed by atoms with van der Waals surface area (Å²) in [7, 11) is -3.26. The lowest BCUT2D eigenvalue weighted by Crippen LogP contribution is -2.36. The Morgan fingerprint density at radius 2 is 1.96 bits per heavy atom. The van der Waals surface area contributed by atoms with Crippen molar-refractivity contribution < 1.29 is 13.2 Å². The molecule has 1 atom stereocenters. The van der Waals surface area contributed by atoms with Crippen LogP contribution in [0.5, 0.6) is 0 Å². The van der Waals surface area contributed by atoms with Crippen LogP contribution in [-0.4, -0.2) is 20.2 Å². The Hall–Kier alpha value is -1.86. The Balaban J connectivity index is 1.76. The highest BCUT2D eigenvalue weighted by atomic mass is 79.9. The van der Waals surface area contributed by atoms with Crippen molar-refractivity contribution in [2.24, 2.45) is 0 Å². The van der Waals surface area contributed by atoms with Crippen molar-refractivity contribution in [2.75, 3.05) is 11.1 Å². The lowest BCUT2D eigenvalue weighted by molar-refractivity contribution is 0.248. The fourth-order valence-electron chi connectivity index (χ4n) is 2.74. The Labute approximate surface area is 149 Å². The molecule has 7 heteroatoms. The van der Waals surface area contributed by atoms with Crippen LogP contribution in [0.4, 0.5) is 10.5 Å². The number of carbonyl (C=O) groups excluding carboxylic acids is 1. The molecule has 1 aliphatic rings. The monoisotopic (exact) mass is 408 g/mol. The van der Waals surface area contributed by atoms with Crippen molar-refractivity contribution in [3.8, 4) is 0 Å². The molecule has 0 bridgehead atoms. The Morgan fingerprint density at radius 3 is 2.71 bits per heavy atom. The summed E-state index contributed by atoms with van der Waals surface area (Å²) in [6.45, 7) is 1.97. The molecule has 126 valence electrons. The van der Waals surface area contributed by atoms with Crippen LogP contribution in [0.2, 0.25) is 0 Å². The first-order valence-electron chi connectivity index (χ1n) is 7.52. The van der Waals surface area contributed by atoms with Crippen LogP contribution in [0.25, 0.3) is 0 Å². The van der Waals surface area contributed by atoms with Crippen LogP contribution >= 0.6 is 15.9 Å². The van der Waals surface area contributed by atoms with Crippen LogP contribution in [-0.2, 0) is 9.84 Å². The SMILES string of the molecule is Cc1ccc(NC(=O)NC2CCS(=O)(=O)c3ccccc32)cc1Br. The minimum atomic E-state index is -3.26. The zero-order valence-electron chi connectivity index (χ0n) is 13.0. The molecule has 0 aromatic heterocycles. The fourth-order valence-corrected chi connectivity index (χ4v) is 4.74. The molecule has 5 nitrogen and oxygen atoms in total. The summed E-state index contributed by atoms with van der Waals surface area (Å²) in [5.74, 6) is 0.0328. The lowest BCUT2D eigenvalue weighted by Gasteiger charge is -2.26. The zero-order chi connectivity index (χ0) is 17.3. The second kappa shape index (κ2) is 6.57. The Kier molecular flexibility index (Phi) is 4.64. The maximum Gasteiger partial charge on any atom is 0.319 e. The van der Waals surface area contributed by atoms with E-state index in [2.05, 4.69) is 26.6 Å². The van der Waals surface area contributed by atoms with Crippen LogP contribution in [0.15, 0.2) is 51.8 Å². The Bertz CT molecular complexity index is 896. The van der Waals surface area contributed by atoms with Crippen molar-refractivity contribution in [3.63, 3.8) is 0 Å². The number of anilines is 1. The van der Waals surface area contributed by atoms with Crippen molar-refractivity contribution >= 4 is 37.5 Å². The number of rotatable bonds is 2. The first kappa shape index (κ1) is 17.0. The van der Waals surface area contributed by atoms with Crippen molar-refractivity contribution in [1.29, 1.82) is 0 Å². The minimum Gasteiger partial charge on any atom is -0.331 e. The second-order valence-electron chi connectivity index (χ2n) is 5.76. The van der Waals surface area contributed by atoms with Gasteiger partial charge < -0.3 is 10.6 Å². The van der Waals surface area contributed by atoms with E-state index in [4.69, 9.17) is 0 Å². The number of aryl methyl sites for hydroxylation is 1. The van der Waals surface area contributed by atoms with Crippen LogP contribution in [0.1, 0.15) is 23.6 Å². The smallest absolute Gasteiger partial charge is 0.319 e. The molecule has 0 aliphatic carbocycles. The third-order valence-corrected chi connectivity index (χ3v) is 6.71. The molecule has 2 N–H and O–H groups in total. The standard InChI is InChI=1S/C17H17BrN2O3S/c1-11-6-7-12(10-14(11)18)19-17(21)20-15-8-9-24(22,23)16-5-3-2-4-13(15)16/h2-7,10,15H,8-9H2,1H3,(H2,19,20,21). The maximum atomic E-state index is 12.3. The predicted molar refractivity (Wildman–Crippen MR) is 96.9 cm³/mol. The molecule has 24 heavy (non-hydrogen) atoms. The zero-order valence-corrected chi connectivity index (χ0v) is 15.4. The fraction of sp³-hybridized carbons (Fsp3) is 0.235. The molecule has 1 heterocycles. The van der Waals surface area contributed by atoms with E-state index in [1.54, 1.807) is 24.3 Å². The molecule has 0 radical (unpaired) electrons. The van der Waals surface area contributed by atoms with Gasteiger partial charge in [0, 0.05) is 10.2 Å². The van der Waals surface area contributed by atoms with Crippen LogP contribution in [0.3, 0.4) is 0 Å². The van der Waals surface area contributed by atoms with Gasteiger partial charge in [-0.15, -0.1) is 0 Å². The summed E-state index contributed by atoms with van der Waals surface area (Å²) in [5.41, 5.74) is 2.39. The second-order valence-corrected chi connectivity index (χ2v) is 8.69. The highest BCUT2D eigenvalue weighted by molar-refractivity contribution is 9.10. The van der Waals surface area contributed by atoms with Gasteiger partial charge in [-0.2, -0.15) is 0 Å². The van der Waals surface area contributed by atoms with Gasteiger partial charge in [0.25, 0.3) is 0 Å². The minimum absolute atomic E-state index is 0.0328. The van der Waals surface area contributed by atoms with Crippen molar-refractivity contribution in [3.05, 3.63) is 58.1 Å². The van der Waals surface area contributed by atoms with Crippen LogP contribution in [0, 0.1) is 6.92 Å². The molecule has 0 saturated heterocycles. The molecule has 2 aromatic rings. The molecule has 1 aliphatic heterocycles. The Morgan fingerprint density at radius 1 is 1.21 bits per heavy atom. The number of nitrogens with one attached hydrogen (secondary N) is 2. The van der Waals surface area contributed by atoms with E-state index in [-0.39, 0.29) is 17.8 Å². The average Bonchev–Trinajstić information content (AvgIpc) is 2.54. The quantitative estimate of drug-likeness (QED) is 0.793. The highest BCUT2D eigenvalue weighted by Crippen LogP contribution is 2.32. The van der Waals surface area contributed by atoms with E-state index in [9.17, 15) is 13.2 Å². The van der Waals surface area contributed by atoms with Gasteiger partial charge in [0.1, 0.15) is 0 Å². The number of benzene rings is 2. The summed E-state index contributed by atoms with van der Waals surface area (Å²) in [5, 5.41) is 5.64. The van der Waals surface area contributed by atoms with E-state index in [0.29, 0.717) is 22.6 Å². The number of carbonyl (C=O) groups is 1. The largest absolute Gasteiger partial charge is 0.331 e. The average molecular weight is 409 g/mol. The van der Waals surface area contributed by atoms with E-state index in [1.807, 2.05) is 25.1 Å². The number of amides is 2. The van der Waals surface area contributed by atoms with Gasteiger partial charge in [-0.3, -0.25) is 0 Å². The number of halogens is 1.